The maximum atomic E-state index is 12.1. The smallest absolute Gasteiger partial charge is 0.228 e. The van der Waals surface area contributed by atoms with E-state index in [0.717, 1.165) is 5.56 Å². The minimum atomic E-state index is -0.135. The number of methoxy groups -OCH3 is 2. The van der Waals surface area contributed by atoms with Gasteiger partial charge in [0.1, 0.15) is 11.5 Å². The van der Waals surface area contributed by atoms with Crippen LogP contribution in [0.4, 0.5) is 5.69 Å². The molecule has 0 aliphatic rings. The summed E-state index contributed by atoms with van der Waals surface area (Å²) >= 11 is 5.81. The fraction of sp³-hybridized carbons (Fsp3) is 0.188. The summed E-state index contributed by atoms with van der Waals surface area (Å²) in [5.41, 5.74) is 1.47. The van der Waals surface area contributed by atoms with Crippen LogP contribution in [0, 0.1) is 0 Å². The Balaban J connectivity index is 2.09. The number of hydrogen-bond acceptors (Lipinski definition) is 3. The van der Waals surface area contributed by atoms with Gasteiger partial charge in [-0.25, -0.2) is 0 Å². The van der Waals surface area contributed by atoms with Gasteiger partial charge in [-0.3, -0.25) is 4.79 Å². The molecule has 2 rings (SSSR count). The van der Waals surface area contributed by atoms with E-state index in [9.17, 15) is 4.79 Å². The third-order valence-electron chi connectivity index (χ3n) is 2.97. The van der Waals surface area contributed by atoms with Crippen molar-refractivity contribution in [3.8, 4) is 11.5 Å². The molecule has 0 unspecified atom stereocenters. The molecule has 0 aromatic heterocycles. The first kappa shape index (κ1) is 15.2. The van der Waals surface area contributed by atoms with E-state index in [-0.39, 0.29) is 12.3 Å². The third kappa shape index (κ3) is 4.13. The Hall–Kier alpha value is -2.20. The van der Waals surface area contributed by atoms with Gasteiger partial charge in [0.15, 0.2) is 0 Å². The van der Waals surface area contributed by atoms with Gasteiger partial charge in [-0.2, -0.15) is 0 Å². The van der Waals surface area contributed by atoms with Gasteiger partial charge >= 0.3 is 0 Å². The highest BCUT2D eigenvalue weighted by Crippen LogP contribution is 2.24. The Morgan fingerprint density at radius 1 is 1.10 bits per heavy atom. The number of halogens is 1. The molecule has 0 atom stereocenters. The van der Waals surface area contributed by atoms with Gasteiger partial charge in [-0.1, -0.05) is 11.6 Å². The van der Waals surface area contributed by atoms with Crippen LogP contribution in [-0.4, -0.2) is 20.1 Å². The van der Waals surface area contributed by atoms with Crippen LogP contribution < -0.4 is 14.8 Å². The van der Waals surface area contributed by atoms with Crippen LogP contribution in [-0.2, 0) is 11.2 Å². The predicted octanol–water partition coefficient (Wildman–Crippen LogP) is 3.54. The van der Waals surface area contributed by atoms with E-state index in [1.165, 1.54) is 0 Å². The van der Waals surface area contributed by atoms with Gasteiger partial charge < -0.3 is 14.8 Å². The van der Waals surface area contributed by atoms with Crippen molar-refractivity contribution in [2.75, 3.05) is 19.5 Å². The van der Waals surface area contributed by atoms with Crippen LogP contribution in [0.3, 0.4) is 0 Å². The number of amides is 1. The molecule has 0 heterocycles. The molecule has 2 aromatic carbocycles. The highest BCUT2D eigenvalue weighted by atomic mass is 35.5. The Morgan fingerprint density at radius 3 is 2.43 bits per heavy atom. The average molecular weight is 306 g/mol. The maximum absolute atomic E-state index is 12.1. The minimum Gasteiger partial charge on any atom is -0.497 e. The molecule has 0 fully saturated rings. The standard InChI is InChI=1S/C16H16ClNO3/c1-20-14-7-8-15(21-2)11(9-14)10-16(19)18-13-5-3-12(17)4-6-13/h3-9H,10H2,1-2H3,(H,18,19). The lowest BCUT2D eigenvalue weighted by atomic mass is 10.1. The Kier molecular flexibility index (Phi) is 5.06. The van der Waals surface area contributed by atoms with Gasteiger partial charge in [0.2, 0.25) is 5.91 Å². The van der Waals surface area contributed by atoms with Crippen molar-refractivity contribution in [1.29, 1.82) is 0 Å². The zero-order valence-electron chi connectivity index (χ0n) is 11.9. The lowest BCUT2D eigenvalue weighted by Gasteiger charge is -2.11. The summed E-state index contributed by atoms with van der Waals surface area (Å²) in [5, 5.41) is 3.44. The highest BCUT2D eigenvalue weighted by molar-refractivity contribution is 6.30. The fourth-order valence-electron chi connectivity index (χ4n) is 1.93. The van der Waals surface area contributed by atoms with Crippen molar-refractivity contribution >= 4 is 23.2 Å². The van der Waals surface area contributed by atoms with Crippen LogP contribution >= 0.6 is 11.6 Å². The lowest BCUT2D eigenvalue weighted by Crippen LogP contribution is -2.14. The second kappa shape index (κ2) is 6.99. The van der Waals surface area contributed by atoms with Gasteiger partial charge in [-0.15, -0.1) is 0 Å². The lowest BCUT2D eigenvalue weighted by molar-refractivity contribution is -0.115. The number of ether oxygens (including phenoxy) is 2. The molecular weight excluding hydrogens is 290 g/mol. The molecule has 1 N–H and O–H groups in total. The van der Waals surface area contributed by atoms with Crippen molar-refractivity contribution in [1.82, 2.24) is 0 Å². The van der Waals surface area contributed by atoms with E-state index in [2.05, 4.69) is 5.32 Å². The summed E-state index contributed by atoms with van der Waals surface area (Å²) < 4.78 is 10.4. The Morgan fingerprint density at radius 2 is 1.81 bits per heavy atom. The molecule has 0 bridgehead atoms. The second-order valence-corrected chi connectivity index (χ2v) is 4.85. The summed E-state index contributed by atoms with van der Waals surface area (Å²) in [6.07, 6.45) is 0.197. The molecular formula is C16H16ClNO3. The Labute approximate surface area is 128 Å². The van der Waals surface area contributed by atoms with Crippen LogP contribution in [0.5, 0.6) is 11.5 Å². The number of benzene rings is 2. The number of carbonyl (C=O) groups excluding carboxylic acids is 1. The van der Waals surface area contributed by atoms with E-state index < -0.39 is 0 Å². The Bertz CT molecular complexity index is 626. The molecule has 21 heavy (non-hydrogen) atoms. The molecule has 4 nitrogen and oxygen atoms in total. The maximum Gasteiger partial charge on any atom is 0.228 e. The summed E-state index contributed by atoms with van der Waals surface area (Å²) in [6, 6.07) is 12.3. The summed E-state index contributed by atoms with van der Waals surface area (Å²) in [6.45, 7) is 0. The van der Waals surface area contributed by atoms with Crippen molar-refractivity contribution in [3.05, 3.63) is 53.1 Å². The first-order valence-corrected chi connectivity index (χ1v) is 6.76. The molecule has 0 saturated carbocycles. The van der Waals surface area contributed by atoms with Crippen molar-refractivity contribution < 1.29 is 14.3 Å². The van der Waals surface area contributed by atoms with E-state index in [4.69, 9.17) is 21.1 Å². The SMILES string of the molecule is COc1ccc(OC)c(CC(=O)Nc2ccc(Cl)cc2)c1. The quantitative estimate of drug-likeness (QED) is 0.919. The zero-order chi connectivity index (χ0) is 15.2. The zero-order valence-corrected chi connectivity index (χ0v) is 12.6. The molecule has 0 aliphatic carbocycles. The van der Waals surface area contributed by atoms with Crippen molar-refractivity contribution in [2.45, 2.75) is 6.42 Å². The summed E-state index contributed by atoms with van der Waals surface area (Å²) in [5.74, 6) is 1.20. The normalized spacial score (nSPS) is 10.0. The molecule has 110 valence electrons. The first-order valence-electron chi connectivity index (χ1n) is 6.38. The van der Waals surface area contributed by atoms with E-state index in [1.807, 2.05) is 0 Å². The molecule has 0 radical (unpaired) electrons. The van der Waals surface area contributed by atoms with Gasteiger partial charge in [0, 0.05) is 16.3 Å². The van der Waals surface area contributed by atoms with Gasteiger partial charge in [0.05, 0.1) is 20.6 Å². The molecule has 1 amide bonds. The number of hydrogen-bond donors (Lipinski definition) is 1. The number of carbonyl (C=O) groups is 1. The topological polar surface area (TPSA) is 47.6 Å². The van der Waals surface area contributed by atoms with Gasteiger partial charge in [0.25, 0.3) is 0 Å². The predicted molar refractivity (Wildman–Crippen MR) is 83.3 cm³/mol. The monoisotopic (exact) mass is 305 g/mol. The van der Waals surface area contributed by atoms with Crippen LogP contribution in [0.1, 0.15) is 5.56 Å². The minimum absolute atomic E-state index is 0.135. The molecule has 5 heteroatoms. The fourth-order valence-corrected chi connectivity index (χ4v) is 2.06. The van der Waals surface area contributed by atoms with Crippen LogP contribution in [0.15, 0.2) is 42.5 Å². The van der Waals surface area contributed by atoms with Crippen LogP contribution in [0.2, 0.25) is 5.02 Å². The molecule has 0 aliphatic heterocycles. The van der Waals surface area contributed by atoms with Crippen molar-refractivity contribution in [2.24, 2.45) is 0 Å². The van der Waals surface area contributed by atoms with Crippen LogP contribution in [0.25, 0.3) is 0 Å². The van der Waals surface area contributed by atoms with E-state index in [0.29, 0.717) is 22.2 Å². The molecule has 0 spiro atoms. The van der Waals surface area contributed by atoms with Gasteiger partial charge in [-0.05, 0) is 42.5 Å². The molecule has 2 aromatic rings. The first-order chi connectivity index (χ1) is 10.1. The number of nitrogens with one attached hydrogen (secondary N) is 1. The van der Waals surface area contributed by atoms with Crippen molar-refractivity contribution in [3.63, 3.8) is 0 Å². The largest absolute Gasteiger partial charge is 0.497 e. The number of anilines is 1. The summed E-state index contributed by atoms with van der Waals surface area (Å²) in [7, 11) is 3.15. The van der Waals surface area contributed by atoms with E-state index in [1.54, 1.807) is 56.7 Å². The van der Waals surface area contributed by atoms with E-state index >= 15 is 0 Å². The second-order valence-electron chi connectivity index (χ2n) is 4.41. The third-order valence-corrected chi connectivity index (χ3v) is 3.22. The number of rotatable bonds is 5. The highest BCUT2D eigenvalue weighted by Gasteiger charge is 2.10. The summed E-state index contributed by atoms with van der Waals surface area (Å²) in [4.78, 5) is 12.1. The average Bonchev–Trinajstić information content (AvgIpc) is 2.49. The molecule has 0 saturated heterocycles.